The van der Waals surface area contributed by atoms with Crippen molar-refractivity contribution in [1.82, 2.24) is 0 Å². The molecular formula is C22H27BrN2O4. The van der Waals surface area contributed by atoms with Crippen LogP contribution in [0, 0.1) is 0 Å². The second-order valence-corrected chi connectivity index (χ2v) is 7.51. The van der Waals surface area contributed by atoms with Gasteiger partial charge in [-0.3, -0.25) is 0 Å². The van der Waals surface area contributed by atoms with E-state index < -0.39 is 0 Å². The second kappa shape index (κ2) is 10.5. The van der Waals surface area contributed by atoms with Crippen LogP contribution in [0.25, 0.3) is 0 Å². The number of anilines is 2. The summed E-state index contributed by atoms with van der Waals surface area (Å²) in [4.78, 5) is 14.8. The van der Waals surface area contributed by atoms with Crippen molar-refractivity contribution < 1.29 is 19.0 Å². The number of carbonyl (C=O) groups excluding carboxylic acids is 1. The van der Waals surface area contributed by atoms with Crippen molar-refractivity contribution >= 4 is 33.3 Å². The summed E-state index contributed by atoms with van der Waals surface area (Å²) in [5.41, 5.74) is 3.34. The average Bonchev–Trinajstić information content (AvgIpc) is 2.74. The molecule has 0 aromatic heterocycles. The molecule has 0 radical (unpaired) electrons. The number of hydrogen-bond acceptors (Lipinski definition) is 6. The quantitative estimate of drug-likeness (QED) is 0.583. The molecule has 0 atom stereocenters. The Morgan fingerprint density at radius 2 is 1.93 bits per heavy atom. The Balaban J connectivity index is 1.82. The van der Waals surface area contributed by atoms with Crippen LogP contribution in [0.2, 0.25) is 0 Å². The molecule has 1 aliphatic heterocycles. The van der Waals surface area contributed by atoms with E-state index in [0.717, 1.165) is 40.2 Å². The van der Waals surface area contributed by atoms with Gasteiger partial charge in [0.2, 0.25) is 0 Å². The third kappa shape index (κ3) is 5.64. The molecule has 0 spiro atoms. The largest absolute Gasteiger partial charge is 0.494 e. The third-order valence-electron chi connectivity index (χ3n) is 4.65. The van der Waals surface area contributed by atoms with Crippen LogP contribution >= 0.6 is 15.9 Å². The highest BCUT2D eigenvalue weighted by Crippen LogP contribution is 2.28. The van der Waals surface area contributed by atoms with Gasteiger partial charge in [-0.2, -0.15) is 0 Å². The number of halogens is 1. The SMILES string of the molecule is CCOC(=O)c1cc(NCc2cc(Br)ccc2OCC)ccc1N1CCOCC1. The molecule has 0 saturated carbocycles. The Hall–Kier alpha value is -2.25. The monoisotopic (exact) mass is 462 g/mol. The normalized spacial score (nSPS) is 13.8. The van der Waals surface area contributed by atoms with Crippen molar-refractivity contribution in [2.45, 2.75) is 20.4 Å². The molecular weight excluding hydrogens is 436 g/mol. The Bertz CT molecular complexity index is 838. The lowest BCUT2D eigenvalue weighted by atomic mass is 10.1. The Morgan fingerprint density at radius 1 is 1.14 bits per heavy atom. The van der Waals surface area contributed by atoms with Gasteiger partial charge in [0.15, 0.2) is 0 Å². The molecule has 0 aliphatic carbocycles. The molecule has 1 heterocycles. The maximum absolute atomic E-state index is 12.6. The van der Waals surface area contributed by atoms with Gasteiger partial charge in [0.1, 0.15) is 5.75 Å². The number of carbonyl (C=O) groups is 1. The molecule has 0 unspecified atom stereocenters. The zero-order valence-corrected chi connectivity index (χ0v) is 18.5. The highest BCUT2D eigenvalue weighted by molar-refractivity contribution is 9.10. The van der Waals surface area contributed by atoms with Crippen molar-refractivity contribution in [2.24, 2.45) is 0 Å². The number of nitrogens with one attached hydrogen (secondary N) is 1. The van der Waals surface area contributed by atoms with Crippen molar-refractivity contribution in [1.29, 1.82) is 0 Å². The molecule has 1 fully saturated rings. The maximum atomic E-state index is 12.6. The summed E-state index contributed by atoms with van der Waals surface area (Å²) < 4.78 is 17.4. The van der Waals surface area contributed by atoms with E-state index >= 15 is 0 Å². The van der Waals surface area contributed by atoms with E-state index in [1.807, 2.05) is 50.2 Å². The Morgan fingerprint density at radius 3 is 2.66 bits per heavy atom. The third-order valence-corrected chi connectivity index (χ3v) is 5.14. The summed E-state index contributed by atoms with van der Waals surface area (Å²) in [6.07, 6.45) is 0. The van der Waals surface area contributed by atoms with Crippen molar-refractivity contribution in [2.75, 3.05) is 49.7 Å². The van der Waals surface area contributed by atoms with Crippen LogP contribution in [0.4, 0.5) is 11.4 Å². The van der Waals surface area contributed by atoms with Gasteiger partial charge in [0, 0.05) is 35.4 Å². The Kier molecular flexibility index (Phi) is 7.77. The summed E-state index contributed by atoms with van der Waals surface area (Å²) in [5.74, 6) is 0.536. The lowest BCUT2D eigenvalue weighted by Crippen LogP contribution is -2.37. The van der Waals surface area contributed by atoms with E-state index in [2.05, 4.69) is 26.1 Å². The predicted octanol–water partition coefficient (Wildman–Crippen LogP) is 4.47. The van der Waals surface area contributed by atoms with Crippen LogP contribution in [0.5, 0.6) is 5.75 Å². The zero-order chi connectivity index (χ0) is 20.6. The minimum absolute atomic E-state index is 0.310. The molecule has 29 heavy (non-hydrogen) atoms. The molecule has 0 amide bonds. The second-order valence-electron chi connectivity index (χ2n) is 6.59. The van der Waals surface area contributed by atoms with Gasteiger partial charge in [0.25, 0.3) is 0 Å². The topological polar surface area (TPSA) is 60.0 Å². The van der Waals surface area contributed by atoms with Crippen LogP contribution in [0.15, 0.2) is 40.9 Å². The lowest BCUT2D eigenvalue weighted by Gasteiger charge is -2.30. The molecule has 7 heteroatoms. The number of rotatable bonds is 8. The van der Waals surface area contributed by atoms with Gasteiger partial charge in [-0.15, -0.1) is 0 Å². The first-order valence-electron chi connectivity index (χ1n) is 9.91. The molecule has 1 saturated heterocycles. The smallest absolute Gasteiger partial charge is 0.340 e. The average molecular weight is 463 g/mol. The predicted molar refractivity (Wildman–Crippen MR) is 118 cm³/mol. The summed E-state index contributed by atoms with van der Waals surface area (Å²) in [6.45, 7) is 8.14. The number of nitrogens with zero attached hydrogens (tertiary/aromatic N) is 1. The molecule has 0 bridgehead atoms. The van der Waals surface area contributed by atoms with Crippen LogP contribution in [-0.2, 0) is 16.0 Å². The zero-order valence-electron chi connectivity index (χ0n) is 16.9. The minimum Gasteiger partial charge on any atom is -0.494 e. The standard InChI is InChI=1S/C22H27BrN2O4/c1-3-28-21-8-5-17(23)13-16(21)15-24-18-6-7-20(25-9-11-27-12-10-25)19(14-18)22(26)29-4-2/h5-8,13-14,24H,3-4,9-12,15H2,1-2H3. The van der Waals surface area contributed by atoms with Gasteiger partial charge >= 0.3 is 5.97 Å². The van der Waals surface area contributed by atoms with Crippen LogP contribution in [0.1, 0.15) is 29.8 Å². The van der Waals surface area contributed by atoms with Gasteiger partial charge in [0.05, 0.1) is 37.7 Å². The molecule has 2 aromatic carbocycles. The maximum Gasteiger partial charge on any atom is 0.340 e. The first-order chi connectivity index (χ1) is 14.1. The van der Waals surface area contributed by atoms with Crippen molar-refractivity contribution in [3.63, 3.8) is 0 Å². The molecule has 1 N–H and O–H groups in total. The van der Waals surface area contributed by atoms with Crippen molar-refractivity contribution in [3.8, 4) is 5.75 Å². The van der Waals surface area contributed by atoms with E-state index in [1.54, 1.807) is 0 Å². The van der Waals surface area contributed by atoms with Crippen LogP contribution < -0.4 is 15.0 Å². The number of esters is 1. The lowest BCUT2D eigenvalue weighted by molar-refractivity contribution is 0.0526. The van der Waals surface area contributed by atoms with Crippen LogP contribution in [0.3, 0.4) is 0 Å². The van der Waals surface area contributed by atoms with E-state index in [-0.39, 0.29) is 5.97 Å². The van der Waals surface area contributed by atoms with Gasteiger partial charge in [-0.05, 0) is 50.2 Å². The van der Waals surface area contributed by atoms with E-state index in [4.69, 9.17) is 14.2 Å². The van der Waals surface area contributed by atoms with Gasteiger partial charge < -0.3 is 24.4 Å². The summed E-state index contributed by atoms with van der Waals surface area (Å²) in [7, 11) is 0. The number of ether oxygens (including phenoxy) is 3. The van der Waals surface area contributed by atoms with E-state index in [0.29, 0.717) is 38.5 Å². The molecule has 2 aromatic rings. The van der Waals surface area contributed by atoms with Gasteiger partial charge in [-0.25, -0.2) is 4.79 Å². The highest BCUT2D eigenvalue weighted by Gasteiger charge is 2.20. The van der Waals surface area contributed by atoms with Crippen LogP contribution in [-0.4, -0.2) is 45.5 Å². The number of benzene rings is 2. The molecule has 1 aliphatic rings. The van der Waals surface area contributed by atoms with Crippen molar-refractivity contribution in [3.05, 3.63) is 52.0 Å². The van der Waals surface area contributed by atoms with Gasteiger partial charge in [-0.1, -0.05) is 15.9 Å². The first-order valence-corrected chi connectivity index (χ1v) is 10.7. The summed E-state index contributed by atoms with van der Waals surface area (Å²) in [5, 5.41) is 3.40. The van der Waals surface area contributed by atoms with E-state index in [9.17, 15) is 4.79 Å². The summed E-state index contributed by atoms with van der Waals surface area (Å²) in [6, 6.07) is 11.8. The number of morpholine rings is 1. The number of hydrogen-bond donors (Lipinski definition) is 1. The van der Waals surface area contributed by atoms with E-state index in [1.165, 1.54) is 0 Å². The fourth-order valence-corrected chi connectivity index (χ4v) is 3.69. The minimum atomic E-state index is -0.310. The summed E-state index contributed by atoms with van der Waals surface area (Å²) >= 11 is 3.51. The molecule has 3 rings (SSSR count). The first kappa shape index (κ1) is 21.5. The fourth-order valence-electron chi connectivity index (χ4n) is 3.28. The molecule has 156 valence electrons. The fraction of sp³-hybridized carbons (Fsp3) is 0.409. The Labute approximate surface area is 180 Å². The highest BCUT2D eigenvalue weighted by atomic mass is 79.9. The molecule has 6 nitrogen and oxygen atoms in total.